The van der Waals surface area contributed by atoms with Gasteiger partial charge in [0.05, 0.1) is 12.4 Å². The predicted molar refractivity (Wildman–Crippen MR) is 114 cm³/mol. The van der Waals surface area contributed by atoms with Crippen molar-refractivity contribution in [1.82, 2.24) is 10.2 Å². The average molecular weight is 463 g/mol. The van der Waals surface area contributed by atoms with Gasteiger partial charge >= 0.3 is 18.2 Å². The third-order valence-corrected chi connectivity index (χ3v) is 4.35. The summed E-state index contributed by atoms with van der Waals surface area (Å²) >= 11 is 11.4. The maximum atomic E-state index is 12.2. The number of carbonyl (C=O) groups excluding carboxylic acids is 2. The van der Waals surface area contributed by atoms with E-state index in [1.807, 2.05) is 6.92 Å². The molecule has 0 spiro atoms. The first-order chi connectivity index (χ1) is 13.9. The molecule has 0 unspecified atom stereocenters. The lowest BCUT2D eigenvalue weighted by atomic mass is 9.99. The number of benzene rings is 1. The number of amides is 2. The molecule has 0 heterocycles. The Morgan fingerprint density at radius 1 is 1.23 bits per heavy atom. The highest BCUT2D eigenvalue weighted by atomic mass is 35.5. The van der Waals surface area contributed by atoms with Gasteiger partial charge in [0.15, 0.2) is 0 Å². The average Bonchev–Trinajstić information content (AvgIpc) is 2.60. The Bertz CT molecular complexity index is 751. The lowest BCUT2D eigenvalue weighted by molar-refractivity contribution is -0.137. The van der Waals surface area contributed by atoms with Crippen LogP contribution in [0.1, 0.15) is 38.3 Å². The van der Waals surface area contributed by atoms with Crippen LogP contribution in [0.4, 0.5) is 9.59 Å². The summed E-state index contributed by atoms with van der Waals surface area (Å²) in [4.78, 5) is 36.8. The fourth-order valence-electron chi connectivity index (χ4n) is 2.52. The summed E-state index contributed by atoms with van der Waals surface area (Å²) in [6.45, 7) is 7.23. The molecular weight excluding hydrogens is 435 g/mol. The third kappa shape index (κ3) is 9.54. The minimum atomic E-state index is -1.06. The Balaban J connectivity index is 2.96. The quantitative estimate of drug-likeness (QED) is 0.421. The van der Waals surface area contributed by atoms with Gasteiger partial charge in [0.1, 0.15) is 11.4 Å². The number of carboxylic acid groups (broad SMARTS) is 1. The standard InChI is InChI=1S/C20H28Cl2N2O6/c1-13-5-6-16(29-19(28)24(12-22)8-7-21)10-14(13)9-15(11-17(25)26)23-18(27)30-20(2,3)4/h5-6,10,15H,7-9,11-12H2,1-4H3,(H,23,27)(H,25,26)/t15-/m1/s1. The number of aliphatic carboxylic acids is 1. The molecule has 0 aliphatic heterocycles. The number of aryl methyl sites for hydroxylation is 1. The number of alkyl halides is 2. The van der Waals surface area contributed by atoms with E-state index in [0.29, 0.717) is 0 Å². The van der Waals surface area contributed by atoms with E-state index in [1.54, 1.807) is 39.0 Å². The molecular formula is C20H28Cl2N2O6. The highest BCUT2D eigenvalue weighted by Crippen LogP contribution is 2.21. The van der Waals surface area contributed by atoms with Gasteiger partial charge in [-0.3, -0.25) is 9.69 Å². The molecule has 30 heavy (non-hydrogen) atoms. The van der Waals surface area contributed by atoms with Gasteiger partial charge in [-0.25, -0.2) is 9.59 Å². The van der Waals surface area contributed by atoms with Crippen LogP contribution in [0.2, 0.25) is 0 Å². The zero-order chi connectivity index (χ0) is 22.9. The molecule has 0 saturated carbocycles. The molecule has 8 nitrogen and oxygen atoms in total. The smallest absolute Gasteiger partial charge is 0.416 e. The molecule has 1 aromatic carbocycles. The van der Waals surface area contributed by atoms with Crippen LogP contribution >= 0.6 is 23.2 Å². The number of ether oxygens (including phenoxy) is 2. The molecule has 0 aliphatic rings. The highest BCUT2D eigenvalue weighted by Gasteiger charge is 2.22. The maximum absolute atomic E-state index is 12.2. The van der Waals surface area contributed by atoms with Crippen molar-refractivity contribution in [2.24, 2.45) is 0 Å². The lowest BCUT2D eigenvalue weighted by Crippen LogP contribution is -2.41. The van der Waals surface area contributed by atoms with Crippen molar-refractivity contribution in [3.63, 3.8) is 0 Å². The SMILES string of the molecule is Cc1ccc(OC(=O)N(CCl)CCCl)cc1C[C@H](CC(=O)O)NC(=O)OC(C)(C)C. The molecule has 1 aromatic rings. The Labute approximate surface area is 186 Å². The normalized spacial score (nSPS) is 12.1. The van der Waals surface area contributed by atoms with Gasteiger partial charge in [-0.05, 0) is 57.4 Å². The molecule has 2 amide bonds. The monoisotopic (exact) mass is 462 g/mol. The van der Waals surface area contributed by atoms with Gasteiger partial charge < -0.3 is 19.9 Å². The van der Waals surface area contributed by atoms with Crippen LogP contribution in [0.3, 0.4) is 0 Å². The number of halogens is 2. The highest BCUT2D eigenvalue weighted by molar-refractivity contribution is 6.19. The molecule has 1 rings (SSSR count). The number of nitrogens with zero attached hydrogens (tertiary/aromatic N) is 1. The van der Waals surface area contributed by atoms with Crippen molar-refractivity contribution in [3.05, 3.63) is 29.3 Å². The first-order valence-electron chi connectivity index (χ1n) is 9.34. The summed E-state index contributed by atoms with van der Waals surface area (Å²) in [5, 5.41) is 11.8. The summed E-state index contributed by atoms with van der Waals surface area (Å²) in [6, 6.07) is 4.22. The Kier molecular flexibility index (Phi) is 10.2. The number of hydrogen-bond donors (Lipinski definition) is 2. The second-order valence-electron chi connectivity index (χ2n) is 7.67. The molecule has 0 aromatic heterocycles. The van der Waals surface area contributed by atoms with E-state index in [1.165, 1.54) is 4.90 Å². The Morgan fingerprint density at radius 2 is 1.90 bits per heavy atom. The number of rotatable bonds is 9. The van der Waals surface area contributed by atoms with E-state index in [9.17, 15) is 19.5 Å². The van der Waals surface area contributed by atoms with Crippen molar-refractivity contribution in [2.45, 2.75) is 52.2 Å². The fraction of sp³-hybridized carbons (Fsp3) is 0.550. The van der Waals surface area contributed by atoms with E-state index in [-0.39, 0.29) is 37.0 Å². The molecule has 0 fully saturated rings. The van der Waals surface area contributed by atoms with E-state index in [2.05, 4.69) is 5.32 Å². The minimum absolute atomic E-state index is 0.0647. The predicted octanol–water partition coefficient (Wildman–Crippen LogP) is 4.14. The second-order valence-corrected chi connectivity index (χ2v) is 8.29. The second kappa shape index (κ2) is 11.9. The maximum Gasteiger partial charge on any atom is 0.416 e. The summed E-state index contributed by atoms with van der Waals surface area (Å²) in [5.41, 5.74) is 0.864. The summed E-state index contributed by atoms with van der Waals surface area (Å²) in [5.74, 6) is -0.569. The van der Waals surface area contributed by atoms with Crippen molar-refractivity contribution in [3.8, 4) is 5.75 Å². The lowest BCUT2D eigenvalue weighted by Gasteiger charge is -2.23. The summed E-state index contributed by atoms with van der Waals surface area (Å²) < 4.78 is 10.6. The number of nitrogens with one attached hydrogen (secondary N) is 1. The van der Waals surface area contributed by atoms with E-state index in [0.717, 1.165) is 11.1 Å². The van der Waals surface area contributed by atoms with Gasteiger partial charge in [0, 0.05) is 18.5 Å². The van der Waals surface area contributed by atoms with E-state index < -0.39 is 29.8 Å². The molecule has 0 bridgehead atoms. The zero-order valence-electron chi connectivity index (χ0n) is 17.5. The van der Waals surface area contributed by atoms with Crippen LogP contribution in [0.15, 0.2) is 18.2 Å². The molecule has 0 saturated heterocycles. The number of hydrogen-bond acceptors (Lipinski definition) is 5. The van der Waals surface area contributed by atoms with Gasteiger partial charge in [0.2, 0.25) is 0 Å². The molecule has 10 heteroatoms. The van der Waals surface area contributed by atoms with E-state index >= 15 is 0 Å². The molecule has 0 aliphatic carbocycles. The van der Waals surface area contributed by atoms with Crippen LogP contribution in [0.25, 0.3) is 0 Å². The topological polar surface area (TPSA) is 105 Å². The van der Waals surface area contributed by atoms with Crippen LogP contribution < -0.4 is 10.1 Å². The van der Waals surface area contributed by atoms with Gasteiger partial charge in [0.25, 0.3) is 0 Å². The Hall–Kier alpha value is -2.19. The fourth-order valence-corrected chi connectivity index (χ4v) is 2.94. The van der Waals surface area contributed by atoms with Crippen LogP contribution in [0.5, 0.6) is 5.75 Å². The van der Waals surface area contributed by atoms with Crippen molar-refractivity contribution >= 4 is 41.4 Å². The first kappa shape index (κ1) is 25.8. The number of carboxylic acids is 1. The first-order valence-corrected chi connectivity index (χ1v) is 10.4. The molecule has 0 radical (unpaired) electrons. The minimum Gasteiger partial charge on any atom is -0.481 e. The van der Waals surface area contributed by atoms with E-state index in [4.69, 9.17) is 32.7 Å². The largest absolute Gasteiger partial charge is 0.481 e. The van der Waals surface area contributed by atoms with Crippen molar-refractivity contribution in [1.29, 1.82) is 0 Å². The number of carbonyl (C=O) groups is 3. The summed E-state index contributed by atoms with van der Waals surface area (Å²) in [7, 11) is 0. The molecule has 2 N–H and O–H groups in total. The zero-order valence-corrected chi connectivity index (χ0v) is 19.0. The van der Waals surface area contributed by atoms with Crippen LogP contribution in [-0.4, -0.2) is 58.2 Å². The van der Waals surface area contributed by atoms with Crippen LogP contribution in [-0.2, 0) is 16.0 Å². The van der Waals surface area contributed by atoms with Gasteiger partial charge in [-0.2, -0.15) is 0 Å². The van der Waals surface area contributed by atoms with Gasteiger partial charge in [-0.1, -0.05) is 6.07 Å². The van der Waals surface area contributed by atoms with Crippen LogP contribution in [0, 0.1) is 6.92 Å². The van der Waals surface area contributed by atoms with Crippen molar-refractivity contribution < 1.29 is 29.0 Å². The molecule has 168 valence electrons. The third-order valence-electron chi connectivity index (χ3n) is 3.89. The van der Waals surface area contributed by atoms with Crippen molar-refractivity contribution in [2.75, 3.05) is 18.4 Å². The Morgan fingerprint density at radius 3 is 2.43 bits per heavy atom. The van der Waals surface area contributed by atoms with Gasteiger partial charge in [-0.15, -0.1) is 23.2 Å². The number of alkyl carbamates (subject to hydrolysis) is 1. The summed E-state index contributed by atoms with van der Waals surface area (Å²) in [6.07, 6.45) is -1.43. The molecule has 1 atom stereocenters.